The second kappa shape index (κ2) is 7.23. The Morgan fingerprint density at radius 1 is 1.50 bits per heavy atom. The molecule has 1 aromatic carbocycles. The number of carbonyl (C=O) groups excluding carboxylic acids is 1. The summed E-state index contributed by atoms with van der Waals surface area (Å²) >= 11 is 3.33. The first kappa shape index (κ1) is 16.4. The molecule has 0 aliphatic heterocycles. The van der Waals surface area contributed by atoms with Crippen molar-refractivity contribution in [3.8, 4) is 0 Å². The fraction of sp³-hybridized carbons (Fsp3) is 0.462. The van der Waals surface area contributed by atoms with Crippen LogP contribution in [-0.4, -0.2) is 31.1 Å². The quantitative estimate of drug-likeness (QED) is 0.450. The van der Waals surface area contributed by atoms with Gasteiger partial charge in [0.15, 0.2) is 0 Å². The number of anilines is 1. The molecule has 0 aliphatic rings. The SMILES string of the molecule is CCOC(=O)CCN(C)c1cc(C)c([N+](=O)[O-])cc1Br. The summed E-state index contributed by atoms with van der Waals surface area (Å²) < 4.78 is 5.49. The summed E-state index contributed by atoms with van der Waals surface area (Å²) in [5.41, 5.74) is 1.45. The molecule has 0 radical (unpaired) electrons. The van der Waals surface area contributed by atoms with Gasteiger partial charge in [-0.15, -0.1) is 0 Å². The van der Waals surface area contributed by atoms with Gasteiger partial charge in [-0.1, -0.05) is 0 Å². The highest BCUT2D eigenvalue weighted by Crippen LogP contribution is 2.32. The normalized spacial score (nSPS) is 10.2. The van der Waals surface area contributed by atoms with Crippen molar-refractivity contribution < 1.29 is 14.5 Å². The van der Waals surface area contributed by atoms with Crippen LogP contribution < -0.4 is 4.90 Å². The maximum absolute atomic E-state index is 11.3. The molecule has 1 aromatic rings. The zero-order chi connectivity index (χ0) is 15.3. The van der Waals surface area contributed by atoms with Crippen molar-refractivity contribution in [2.75, 3.05) is 25.1 Å². The van der Waals surface area contributed by atoms with E-state index in [0.717, 1.165) is 5.69 Å². The number of nitro benzene ring substituents is 1. The average Bonchev–Trinajstić information content (AvgIpc) is 2.38. The third-order valence-electron chi connectivity index (χ3n) is 2.83. The number of rotatable bonds is 6. The molecule has 0 atom stereocenters. The molecular weight excluding hydrogens is 328 g/mol. The number of ether oxygens (including phenoxy) is 1. The van der Waals surface area contributed by atoms with Crippen molar-refractivity contribution in [2.24, 2.45) is 0 Å². The van der Waals surface area contributed by atoms with Crippen LogP contribution in [0.5, 0.6) is 0 Å². The van der Waals surface area contributed by atoms with Gasteiger partial charge in [-0.2, -0.15) is 0 Å². The molecule has 0 fully saturated rings. The number of aryl methyl sites for hydroxylation is 1. The lowest BCUT2D eigenvalue weighted by atomic mass is 10.1. The Hall–Kier alpha value is -1.63. The van der Waals surface area contributed by atoms with Crippen LogP contribution >= 0.6 is 15.9 Å². The Balaban J connectivity index is 2.83. The highest BCUT2D eigenvalue weighted by atomic mass is 79.9. The number of hydrogen-bond acceptors (Lipinski definition) is 5. The number of nitro groups is 1. The smallest absolute Gasteiger partial charge is 0.307 e. The highest BCUT2D eigenvalue weighted by Gasteiger charge is 2.16. The second-order valence-corrected chi connectivity index (χ2v) is 5.18. The Bertz CT molecular complexity index is 519. The van der Waals surface area contributed by atoms with E-state index < -0.39 is 4.92 Å². The van der Waals surface area contributed by atoms with Gasteiger partial charge >= 0.3 is 5.97 Å². The van der Waals surface area contributed by atoms with Crippen molar-refractivity contribution >= 4 is 33.3 Å². The summed E-state index contributed by atoms with van der Waals surface area (Å²) in [4.78, 5) is 23.6. The van der Waals surface area contributed by atoms with Gasteiger partial charge in [-0.05, 0) is 35.8 Å². The van der Waals surface area contributed by atoms with E-state index >= 15 is 0 Å². The van der Waals surface area contributed by atoms with Crippen LogP contribution in [-0.2, 0) is 9.53 Å². The first-order valence-electron chi connectivity index (χ1n) is 6.18. The van der Waals surface area contributed by atoms with Crippen LogP contribution in [0.2, 0.25) is 0 Å². The molecule has 0 aliphatic carbocycles. The van der Waals surface area contributed by atoms with Gasteiger partial charge < -0.3 is 9.64 Å². The van der Waals surface area contributed by atoms with E-state index in [1.165, 1.54) is 6.07 Å². The van der Waals surface area contributed by atoms with Gasteiger partial charge in [-0.3, -0.25) is 14.9 Å². The number of esters is 1. The minimum Gasteiger partial charge on any atom is -0.466 e. The van der Waals surface area contributed by atoms with Gasteiger partial charge in [0.25, 0.3) is 5.69 Å². The molecular formula is C13H17BrN2O4. The molecule has 0 unspecified atom stereocenters. The molecule has 0 heterocycles. The maximum atomic E-state index is 11.3. The van der Waals surface area contributed by atoms with Crippen LogP contribution in [0.3, 0.4) is 0 Å². The second-order valence-electron chi connectivity index (χ2n) is 4.32. The zero-order valence-corrected chi connectivity index (χ0v) is 13.3. The number of hydrogen-bond donors (Lipinski definition) is 0. The van der Waals surface area contributed by atoms with Gasteiger partial charge in [0.1, 0.15) is 0 Å². The molecule has 0 N–H and O–H groups in total. The van der Waals surface area contributed by atoms with Gasteiger partial charge in [0.05, 0.1) is 23.6 Å². The molecule has 0 aromatic heterocycles. The largest absolute Gasteiger partial charge is 0.466 e. The molecule has 0 saturated carbocycles. The van der Waals surface area contributed by atoms with E-state index in [-0.39, 0.29) is 18.1 Å². The van der Waals surface area contributed by atoms with Crippen LogP contribution in [0.1, 0.15) is 18.9 Å². The molecule has 20 heavy (non-hydrogen) atoms. The molecule has 0 amide bonds. The highest BCUT2D eigenvalue weighted by molar-refractivity contribution is 9.10. The minimum absolute atomic E-state index is 0.0689. The first-order valence-corrected chi connectivity index (χ1v) is 6.97. The standard InChI is InChI=1S/C13H17BrN2O4/c1-4-20-13(17)5-6-15(3)12-7-9(2)11(16(18)19)8-10(12)14/h7-8H,4-6H2,1-3H3. The monoisotopic (exact) mass is 344 g/mol. The minimum atomic E-state index is -0.414. The van der Waals surface area contributed by atoms with E-state index in [0.29, 0.717) is 23.2 Å². The van der Waals surface area contributed by atoms with E-state index in [1.807, 2.05) is 11.9 Å². The number of benzene rings is 1. The molecule has 0 saturated heterocycles. The van der Waals surface area contributed by atoms with E-state index in [2.05, 4.69) is 15.9 Å². The Morgan fingerprint density at radius 2 is 2.15 bits per heavy atom. The van der Waals surface area contributed by atoms with Gasteiger partial charge in [-0.25, -0.2) is 0 Å². The number of nitrogens with zero attached hydrogens (tertiary/aromatic N) is 2. The fourth-order valence-corrected chi connectivity index (χ4v) is 2.39. The third kappa shape index (κ3) is 4.19. The lowest BCUT2D eigenvalue weighted by Gasteiger charge is -2.20. The number of halogens is 1. The van der Waals surface area contributed by atoms with Crippen LogP contribution in [0, 0.1) is 17.0 Å². The van der Waals surface area contributed by atoms with Crippen molar-refractivity contribution in [3.63, 3.8) is 0 Å². The lowest BCUT2D eigenvalue weighted by molar-refractivity contribution is -0.385. The molecule has 6 nitrogen and oxygen atoms in total. The molecule has 1 rings (SSSR count). The van der Waals surface area contributed by atoms with Crippen molar-refractivity contribution in [2.45, 2.75) is 20.3 Å². The lowest BCUT2D eigenvalue weighted by Crippen LogP contribution is -2.22. The van der Waals surface area contributed by atoms with E-state index in [9.17, 15) is 14.9 Å². The zero-order valence-electron chi connectivity index (χ0n) is 11.7. The summed E-state index contributed by atoms with van der Waals surface area (Å²) in [5.74, 6) is -0.255. The summed E-state index contributed by atoms with van der Waals surface area (Å²) in [6.45, 7) is 4.29. The third-order valence-corrected chi connectivity index (χ3v) is 3.47. The number of carbonyl (C=O) groups is 1. The van der Waals surface area contributed by atoms with E-state index in [1.54, 1.807) is 19.9 Å². The Kier molecular flexibility index (Phi) is 5.94. The van der Waals surface area contributed by atoms with Crippen molar-refractivity contribution in [1.29, 1.82) is 0 Å². The topological polar surface area (TPSA) is 72.7 Å². The molecule has 0 spiro atoms. The van der Waals surface area contributed by atoms with E-state index in [4.69, 9.17) is 4.74 Å². The summed E-state index contributed by atoms with van der Waals surface area (Å²) in [6, 6.07) is 3.21. The maximum Gasteiger partial charge on any atom is 0.307 e. The Morgan fingerprint density at radius 3 is 2.70 bits per heavy atom. The van der Waals surface area contributed by atoms with Crippen molar-refractivity contribution in [1.82, 2.24) is 0 Å². The fourth-order valence-electron chi connectivity index (χ4n) is 1.76. The van der Waals surface area contributed by atoms with Crippen LogP contribution in [0.4, 0.5) is 11.4 Å². The average molecular weight is 345 g/mol. The molecule has 7 heteroatoms. The van der Waals surface area contributed by atoms with Gasteiger partial charge in [0.2, 0.25) is 0 Å². The summed E-state index contributed by atoms with van der Waals surface area (Å²) in [5, 5.41) is 10.9. The van der Waals surface area contributed by atoms with Crippen molar-refractivity contribution in [3.05, 3.63) is 32.3 Å². The van der Waals surface area contributed by atoms with Crippen LogP contribution in [0.15, 0.2) is 16.6 Å². The predicted molar refractivity (Wildman–Crippen MR) is 80.1 cm³/mol. The Labute approximate surface area is 126 Å². The molecule has 110 valence electrons. The summed E-state index contributed by atoms with van der Waals surface area (Å²) in [7, 11) is 1.82. The molecule has 0 bridgehead atoms. The van der Waals surface area contributed by atoms with Crippen LogP contribution in [0.25, 0.3) is 0 Å². The van der Waals surface area contributed by atoms with Gasteiger partial charge in [0, 0.05) is 29.7 Å². The first-order chi connectivity index (χ1) is 9.36. The predicted octanol–water partition coefficient (Wildman–Crippen LogP) is 3.06. The summed E-state index contributed by atoms with van der Waals surface area (Å²) in [6.07, 6.45) is 0.271.